The van der Waals surface area contributed by atoms with Crippen molar-refractivity contribution in [3.8, 4) is 5.75 Å². The van der Waals surface area contributed by atoms with Gasteiger partial charge in [0.25, 0.3) is 0 Å². The Bertz CT molecular complexity index is 396. The third-order valence-electron chi connectivity index (χ3n) is 2.27. The molecule has 0 aliphatic carbocycles. The van der Waals surface area contributed by atoms with Crippen LogP contribution < -0.4 is 4.74 Å². The van der Waals surface area contributed by atoms with Crippen LogP contribution in [0.15, 0.2) is 24.3 Å². The molecule has 0 heterocycles. The predicted octanol–water partition coefficient (Wildman–Crippen LogP) is 2.79. The fourth-order valence-corrected chi connectivity index (χ4v) is 1.82. The standard InChI is InChI=1S/C13H18F3NO2/c1-12(2,18)9-17(3)8-10-4-6-11(7-5-10)19-13(14,15)16/h4-7,18H,8-9H2,1-3H3. The molecule has 0 aliphatic heterocycles. The molecule has 0 saturated carbocycles. The lowest BCUT2D eigenvalue weighted by Crippen LogP contribution is -2.35. The molecule has 0 aromatic heterocycles. The van der Waals surface area contributed by atoms with E-state index in [-0.39, 0.29) is 5.75 Å². The molecular formula is C13H18F3NO2. The van der Waals surface area contributed by atoms with Crippen LogP contribution in [0.4, 0.5) is 13.2 Å². The SMILES string of the molecule is CN(Cc1ccc(OC(F)(F)F)cc1)CC(C)(C)O. The maximum Gasteiger partial charge on any atom is 0.573 e. The van der Waals surface area contributed by atoms with Crippen LogP contribution in [-0.2, 0) is 6.54 Å². The second kappa shape index (κ2) is 5.79. The van der Waals surface area contributed by atoms with Gasteiger partial charge in [-0.05, 0) is 38.6 Å². The summed E-state index contributed by atoms with van der Waals surface area (Å²) in [5, 5.41) is 9.65. The third-order valence-corrected chi connectivity index (χ3v) is 2.27. The first-order valence-corrected chi connectivity index (χ1v) is 5.81. The highest BCUT2D eigenvalue weighted by atomic mass is 19.4. The van der Waals surface area contributed by atoms with Crippen molar-refractivity contribution >= 4 is 0 Å². The zero-order valence-electron chi connectivity index (χ0n) is 11.2. The smallest absolute Gasteiger partial charge is 0.406 e. The van der Waals surface area contributed by atoms with E-state index < -0.39 is 12.0 Å². The van der Waals surface area contributed by atoms with Crippen LogP contribution in [0.1, 0.15) is 19.4 Å². The van der Waals surface area contributed by atoms with E-state index in [1.807, 2.05) is 11.9 Å². The summed E-state index contributed by atoms with van der Waals surface area (Å²) in [5.74, 6) is -0.235. The maximum absolute atomic E-state index is 12.0. The number of ether oxygens (including phenoxy) is 1. The van der Waals surface area contributed by atoms with Gasteiger partial charge in [0.05, 0.1) is 5.60 Å². The first-order valence-electron chi connectivity index (χ1n) is 5.81. The van der Waals surface area contributed by atoms with Gasteiger partial charge in [-0.2, -0.15) is 0 Å². The molecule has 6 heteroatoms. The van der Waals surface area contributed by atoms with Crippen molar-refractivity contribution in [3.63, 3.8) is 0 Å². The first-order chi connectivity index (χ1) is 8.55. The van der Waals surface area contributed by atoms with Crippen molar-refractivity contribution in [2.45, 2.75) is 32.4 Å². The monoisotopic (exact) mass is 277 g/mol. The molecule has 1 aromatic carbocycles. The zero-order valence-corrected chi connectivity index (χ0v) is 11.2. The Balaban J connectivity index is 2.57. The number of likely N-dealkylation sites (N-methyl/N-ethyl adjacent to an activating group) is 1. The predicted molar refractivity (Wildman–Crippen MR) is 65.8 cm³/mol. The summed E-state index contributed by atoms with van der Waals surface area (Å²) >= 11 is 0. The average Bonchev–Trinajstić information content (AvgIpc) is 2.15. The molecule has 0 radical (unpaired) electrons. The van der Waals surface area contributed by atoms with Crippen LogP contribution in [0.5, 0.6) is 5.75 Å². The summed E-state index contributed by atoms with van der Waals surface area (Å²) < 4.78 is 39.7. The van der Waals surface area contributed by atoms with Crippen molar-refractivity contribution in [2.24, 2.45) is 0 Å². The lowest BCUT2D eigenvalue weighted by molar-refractivity contribution is -0.274. The highest BCUT2D eigenvalue weighted by molar-refractivity contribution is 5.27. The highest BCUT2D eigenvalue weighted by Crippen LogP contribution is 2.23. The summed E-state index contributed by atoms with van der Waals surface area (Å²) in [6, 6.07) is 5.70. The summed E-state index contributed by atoms with van der Waals surface area (Å²) in [7, 11) is 1.83. The normalized spacial score (nSPS) is 12.8. The largest absolute Gasteiger partial charge is 0.573 e. The van der Waals surface area contributed by atoms with Crippen LogP contribution >= 0.6 is 0 Å². The van der Waals surface area contributed by atoms with Gasteiger partial charge in [0, 0.05) is 13.1 Å². The molecule has 0 unspecified atom stereocenters. The van der Waals surface area contributed by atoms with Crippen molar-refractivity contribution in [1.29, 1.82) is 0 Å². The van der Waals surface area contributed by atoms with Gasteiger partial charge in [0.1, 0.15) is 5.75 Å². The number of aliphatic hydroxyl groups is 1. The van der Waals surface area contributed by atoms with Gasteiger partial charge >= 0.3 is 6.36 Å². The Morgan fingerprint density at radius 3 is 2.11 bits per heavy atom. The van der Waals surface area contributed by atoms with Crippen molar-refractivity contribution < 1.29 is 23.0 Å². The molecule has 1 rings (SSSR count). The van der Waals surface area contributed by atoms with Crippen LogP contribution in [0.2, 0.25) is 0 Å². The molecule has 0 saturated heterocycles. The van der Waals surface area contributed by atoms with E-state index in [0.717, 1.165) is 5.56 Å². The minimum atomic E-state index is -4.67. The number of alkyl halides is 3. The second-order valence-electron chi connectivity index (χ2n) is 5.18. The van der Waals surface area contributed by atoms with Crippen LogP contribution in [0, 0.1) is 0 Å². The Morgan fingerprint density at radius 2 is 1.68 bits per heavy atom. The van der Waals surface area contributed by atoms with E-state index in [1.165, 1.54) is 12.1 Å². The molecule has 108 valence electrons. The fourth-order valence-electron chi connectivity index (χ4n) is 1.82. The molecule has 3 nitrogen and oxygen atoms in total. The zero-order chi connectivity index (χ0) is 14.7. The van der Waals surface area contributed by atoms with Gasteiger partial charge < -0.3 is 9.84 Å². The van der Waals surface area contributed by atoms with Gasteiger partial charge in [0.15, 0.2) is 0 Å². The Labute approximate surface area is 110 Å². The minimum absolute atomic E-state index is 0.235. The Hall–Kier alpha value is -1.27. The van der Waals surface area contributed by atoms with Gasteiger partial charge in [-0.3, -0.25) is 4.90 Å². The quantitative estimate of drug-likeness (QED) is 0.898. The molecule has 0 atom stereocenters. The van der Waals surface area contributed by atoms with Crippen molar-refractivity contribution in [2.75, 3.05) is 13.6 Å². The van der Waals surface area contributed by atoms with E-state index in [4.69, 9.17) is 0 Å². The van der Waals surface area contributed by atoms with Gasteiger partial charge in [-0.1, -0.05) is 12.1 Å². The number of hydrogen-bond donors (Lipinski definition) is 1. The molecule has 0 spiro atoms. The third kappa shape index (κ3) is 7.03. The van der Waals surface area contributed by atoms with Gasteiger partial charge in [0.2, 0.25) is 0 Å². The molecule has 19 heavy (non-hydrogen) atoms. The molecule has 1 N–H and O–H groups in total. The summed E-state index contributed by atoms with van der Waals surface area (Å²) in [6.45, 7) is 4.40. The van der Waals surface area contributed by atoms with Crippen LogP contribution in [-0.4, -0.2) is 35.6 Å². The molecule has 0 amide bonds. The average molecular weight is 277 g/mol. The van der Waals surface area contributed by atoms with E-state index in [2.05, 4.69) is 4.74 Å². The number of benzene rings is 1. The van der Waals surface area contributed by atoms with E-state index >= 15 is 0 Å². The summed E-state index contributed by atoms with van der Waals surface area (Å²) in [6.07, 6.45) is -4.67. The van der Waals surface area contributed by atoms with Crippen molar-refractivity contribution in [1.82, 2.24) is 4.90 Å². The number of rotatable bonds is 5. The molecular weight excluding hydrogens is 259 g/mol. The number of hydrogen-bond acceptors (Lipinski definition) is 3. The molecule has 0 bridgehead atoms. The second-order valence-corrected chi connectivity index (χ2v) is 5.18. The summed E-state index contributed by atoms with van der Waals surface area (Å²) in [4.78, 5) is 1.89. The first kappa shape index (κ1) is 15.8. The van der Waals surface area contributed by atoms with E-state index in [1.54, 1.807) is 26.0 Å². The lowest BCUT2D eigenvalue weighted by Gasteiger charge is -2.25. The molecule has 0 aliphatic rings. The Morgan fingerprint density at radius 1 is 1.16 bits per heavy atom. The van der Waals surface area contributed by atoms with E-state index in [0.29, 0.717) is 13.1 Å². The van der Waals surface area contributed by atoms with Gasteiger partial charge in [-0.25, -0.2) is 0 Å². The summed E-state index contributed by atoms with van der Waals surface area (Å²) in [5.41, 5.74) is 0.0370. The minimum Gasteiger partial charge on any atom is -0.406 e. The maximum atomic E-state index is 12.0. The number of nitrogens with zero attached hydrogens (tertiary/aromatic N) is 1. The van der Waals surface area contributed by atoms with E-state index in [9.17, 15) is 18.3 Å². The van der Waals surface area contributed by atoms with Crippen LogP contribution in [0.25, 0.3) is 0 Å². The lowest BCUT2D eigenvalue weighted by atomic mass is 10.1. The number of halogens is 3. The molecule has 0 fully saturated rings. The van der Waals surface area contributed by atoms with Crippen LogP contribution in [0.3, 0.4) is 0 Å². The van der Waals surface area contributed by atoms with Gasteiger partial charge in [-0.15, -0.1) is 13.2 Å². The molecule has 1 aromatic rings. The Kier molecular flexibility index (Phi) is 4.81. The fraction of sp³-hybridized carbons (Fsp3) is 0.538. The van der Waals surface area contributed by atoms with Crippen molar-refractivity contribution in [3.05, 3.63) is 29.8 Å². The highest BCUT2D eigenvalue weighted by Gasteiger charge is 2.30. The topological polar surface area (TPSA) is 32.7 Å².